The van der Waals surface area contributed by atoms with Gasteiger partial charge >= 0.3 is 5.97 Å². The molecule has 17 heavy (non-hydrogen) atoms. The van der Waals surface area contributed by atoms with Crippen LogP contribution in [0.25, 0.3) is 0 Å². The lowest BCUT2D eigenvalue weighted by atomic mass is 10.0. The van der Waals surface area contributed by atoms with Gasteiger partial charge in [0.05, 0.1) is 12.0 Å². The highest BCUT2D eigenvalue weighted by molar-refractivity contribution is 5.70. The smallest absolute Gasteiger partial charge is 0.308 e. The lowest BCUT2D eigenvalue weighted by Crippen LogP contribution is -2.24. The van der Waals surface area contributed by atoms with Crippen LogP contribution in [0, 0.1) is 5.92 Å². The first-order valence-corrected chi connectivity index (χ1v) is 5.99. The average molecular weight is 240 g/mol. The van der Waals surface area contributed by atoms with Gasteiger partial charge in [-0.15, -0.1) is 5.10 Å². The highest BCUT2D eigenvalue weighted by Gasteiger charge is 2.26. The summed E-state index contributed by atoms with van der Waals surface area (Å²) < 4.78 is 1.64. The van der Waals surface area contributed by atoms with E-state index in [0.29, 0.717) is 0 Å². The lowest BCUT2D eigenvalue weighted by Gasteiger charge is -2.19. The molecule has 0 amide bonds. The van der Waals surface area contributed by atoms with Gasteiger partial charge in [-0.2, -0.15) is 0 Å². The van der Waals surface area contributed by atoms with Crippen LogP contribution in [-0.2, 0) is 4.79 Å². The molecule has 6 nitrogen and oxygen atoms in total. The van der Waals surface area contributed by atoms with E-state index in [0.717, 1.165) is 18.7 Å². The van der Waals surface area contributed by atoms with Crippen molar-refractivity contribution in [2.45, 2.75) is 52.5 Å². The van der Waals surface area contributed by atoms with Gasteiger partial charge in [-0.25, -0.2) is 4.68 Å². The molecule has 6 heteroatoms. The van der Waals surface area contributed by atoms with Crippen molar-refractivity contribution in [1.29, 1.82) is 0 Å². The molecule has 1 aromatic heterocycles. The zero-order valence-electron chi connectivity index (χ0n) is 10.8. The average Bonchev–Trinajstić information content (AvgIpc) is 2.76. The largest absolute Gasteiger partial charge is 0.481 e. The number of aromatic nitrogens is 4. The first-order valence-electron chi connectivity index (χ1n) is 5.99. The Balaban J connectivity index is 2.91. The van der Waals surface area contributed by atoms with Gasteiger partial charge in [-0.1, -0.05) is 20.3 Å². The Morgan fingerprint density at radius 1 is 1.41 bits per heavy atom. The number of aliphatic carboxylic acids is 1. The molecule has 0 aromatic carbocycles. The molecular weight excluding hydrogens is 220 g/mol. The van der Waals surface area contributed by atoms with E-state index in [9.17, 15) is 4.79 Å². The molecule has 3 unspecified atom stereocenters. The highest BCUT2D eigenvalue weighted by atomic mass is 16.4. The molecule has 1 rings (SSSR count). The first-order chi connectivity index (χ1) is 7.99. The third-order valence-electron chi connectivity index (χ3n) is 3.18. The van der Waals surface area contributed by atoms with Gasteiger partial charge in [0.25, 0.3) is 0 Å². The first kappa shape index (κ1) is 13.6. The predicted molar refractivity (Wildman–Crippen MR) is 62.7 cm³/mol. The molecular formula is C11H20N4O2. The van der Waals surface area contributed by atoms with Gasteiger partial charge in [-0.05, 0) is 30.7 Å². The second kappa shape index (κ2) is 5.75. The normalized spacial score (nSPS) is 16.5. The SMILES string of the molecule is CCCC(C)c1nnnn1C(C)C(C)C(=O)O. The number of carboxylic acid groups (broad SMARTS) is 1. The van der Waals surface area contributed by atoms with Gasteiger partial charge in [0.1, 0.15) is 0 Å². The molecule has 0 spiro atoms. The van der Waals surface area contributed by atoms with Gasteiger partial charge in [-0.3, -0.25) is 4.79 Å². The van der Waals surface area contributed by atoms with Crippen molar-refractivity contribution in [2.75, 3.05) is 0 Å². The van der Waals surface area contributed by atoms with Gasteiger partial charge in [0, 0.05) is 5.92 Å². The maximum absolute atomic E-state index is 11.0. The van der Waals surface area contributed by atoms with Crippen LogP contribution in [0.2, 0.25) is 0 Å². The number of carboxylic acids is 1. The van der Waals surface area contributed by atoms with Crippen molar-refractivity contribution in [3.63, 3.8) is 0 Å². The molecule has 0 saturated heterocycles. The summed E-state index contributed by atoms with van der Waals surface area (Å²) in [5.41, 5.74) is 0. The summed E-state index contributed by atoms with van der Waals surface area (Å²) in [6, 6.07) is -0.239. The van der Waals surface area contributed by atoms with E-state index >= 15 is 0 Å². The summed E-state index contributed by atoms with van der Waals surface area (Å²) in [6.45, 7) is 7.66. The minimum atomic E-state index is -0.831. The number of tetrazole rings is 1. The molecule has 96 valence electrons. The number of hydrogen-bond donors (Lipinski definition) is 1. The van der Waals surface area contributed by atoms with E-state index in [-0.39, 0.29) is 12.0 Å². The molecule has 0 saturated carbocycles. The summed E-state index contributed by atoms with van der Waals surface area (Å²) in [5, 5.41) is 20.6. The Morgan fingerprint density at radius 3 is 2.59 bits per heavy atom. The number of nitrogens with zero attached hydrogens (tertiary/aromatic N) is 4. The lowest BCUT2D eigenvalue weighted by molar-refractivity contribution is -0.142. The Kier molecular flexibility index (Phi) is 4.60. The van der Waals surface area contributed by atoms with Gasteiger partial charge < -0.3 is 5.11 Å². The highest BCUT2D eigenvalue weighted by Crippen LogP contribution is 2.23. The van der Waals surface area contributed by atoms with Crippen LogP contribution in [0.4, 0.5) is 0 Å². The molecule has 0 aliphatic rings. The zero-order valence-corrected chi connectivity index (χ0v) is 10.8. The van der Waals surface area contributed by atoms with Crippen LogP contribution >= 0.6 is 0 Å². The fraction of sp³-hybridized carbons (Fsp3) is 0.818. The molecule has 1 aromatic rings. The summed E-state index contributed by atoms with van der Waals surface area (Å²) in [6.07, 6.45) is 2.05. The fourth-order valence-electron chi connectivity index (χ4n) is 1.80. The summed E-state index contributed by atoms with van der Waals surface area (Å²) in [4.78, 5) is 11.0. The van der Waals surface area contributed by atoms with E-state index in [1.165, 1.54) is 0 Å². The van der Waals surface area contributed by atoms with E-state index in [1.807, 2.05) is 6.92 Å². The molecule has 0 fully saturated rings. The molecule has 3 atom stereocenters. The number of rotatable bonds is 6. The Morgan fingerprint density at radius 2 is 2.06 bits per heavy atom. The molecule has 0 radical (unpaired) electrons. The second-order valence-electron chi connectivity index (χ2n) is 4.54. The Bertz CT molecular complexity index is 377. The van der Waals surface area contributed by atoms with E-state index in [4.69, 9.17) is 5.11 Å². The van der Waals surface area contributed by atoms with Crippen LogP contribution in [0.5, 0.6) is 0 Å². The van der Waals surface area contributed by atoms with E-state index in [2.05, 4.69) is 29.4 Å². The molecule has 0 bridgehead atoms. The van der Waals surface area contributed by atoms with Crippen molar-refractivity contribution in [1.82, 2.24) is 20.2 Å². The van der Waals surface area contributed by atoms with Crippen molar-refractivity contribution in [3.05, 3.63) is 5.82 Å². The minimum absolute atomic E-state index is 0.239. The maximum Gasteiger partial charge on any atom is 0.308 e. The standard InChI is InChI=1S/C11H20N4O2/c1-5-6-7(2)10-12-13-14-15(10)9(4)8(3)11(16)17/h7-9H,5-6H2,1-4H3,(H,16,17). The zero-order chi connectivity index (χ0) is 13.0. The van der Waals surface area contributed by atoms with Gasteiger partial charge in [0.15, 0.2) is 5.82 Å². The molecule has 1 heterocycles. The predicted octanol–water partition coefficient (Wildman–Crippen LogP) is 1.86. The Labute approximate surface area is 101 Å². The van der Waals surface area contributed by atoms with Crippen LogP contribution < -0.4 is 0 Å². The van der Waals surface area contributed by atoms with Crippen LogP contribution in [-0.4, -0.2) is 31.3 Å². The summed E-state index contributed by atoms with van der Waals surface area (Å²) in [7, 11) is 0. The van der Waals surface area contributed by atoms with Crippen LogP contribution in [0.1, 0.15) is 58.3 Å². The fourth-order valence-corrected chi connectivity index (χ4v) is 1.80. The van der Waals surface area contributed by atoms with E-state index < -0.39 is 11.9 Å². The number of carbonyl (C=O) groups is 1. The second-order valence-corrected chi connectivity index (χ2v) is 4.54. The summed E-state index contributed by atoms with van der Waals surface area (Å²) in [5.74, 6) is -0.320. The quantitative estimate of drug-likeness (QED) is 0.820. The molecule has 0 aliphatic carbocycles. The van der Waals surface area contributed by atoms with Crippen molar-refractivity contribution in [3.8, 4) is 0 Å². The summed E-state index contributed by atoms with van der Waals surface area (Å²) >= 11 is 0. The van der Waals surface area contributed by atoms with Crippen molar-refractivity contribution in [2.24, 2.45) is 5.92 Å². The van der Waals surface area contributed by atoms with E-state index in [1.54, 1.807) is 11.6 Å². The minimum Gasteiger partial charge on any atom is -0.481 e. The third kappa shape index (κ3) is 3.01. The van der Waals surface area contributed by atoms with Crippen LogP contribution in [0.15, 0.2) is 0 Å². The van der Waals surface area contributed by atoms with Crippen molar-refractivity contribution >= 4 is 5.97 Å². The molecule has 1 N–H and O–H groups in total. The Hall–Kier alpha value is -1.46. The van der Waals surface area contributed by atoms with Crippen LogP contribution in [0.3, 0.4) is 0 Å². The van der Waals surface area contributed by atoms with Gasteiger partial charge in [0.2, 0.25) is 0 Å². The third-order valence-corrected chi connectivity index (χ3v) is 3.18. The monoisotopic (exact) mass is 240 g/mol. The maximum atomic E-state index is 11.0. The number of hydrogen-bond acceptors (Lipinski definition) is 4. The van der Waals surface area contributed by atoms with Crippen molar-refractivity contribution < 1.29 is 9.90 Å². The topological polar surface area (TPSA) is 80.9 Å². The molecule has 0 aliphatic heterocycles.